The Labute approximate surface area is 155 Å². The average Bonchev–Trinajstić information content (AvgIpc) is 3.10. The van der Waals surface area contributed by atoms with Crippen molar-refractivity contribution in [2.24, 2.45) is 0 Å². The van der Waals surface area contributed by atoms with Crippen LogP contribution in [0.25, 0.3) is 10.1 Å². The van der Waals surface area contributed by atoms with Crippen LogP contribution in [0, 0.1) is 6.92 Å². The Morgan fingerprint density at radius 1 is 1.32 bits per heavy atom. The van der Waals surface area contributed by atoms with Gasteiger partial charge < -0.3 is 4.84 Å². The minimum atomic E-state index is -0.732. The Morgan fingerprint density at radius 3 is 2.68 bits per heavy atom. The highest BCUT2D eigenvalue weighted by Crippen LogP contribution is 2.27. The number of benzene rings is 1. The highest BCUT2D eigenvalue weighted by molar-refractivity contribution is 7.18. The van der Waals surface area contributed by atoms with Crippen LogP contribution >= 0.6 is 22.9 Å². The second-order valence-corrected chi connectivity index (χ2v) is 8.44. The van der Waals surface area contributed by atoms with Gasteiger partial charge in [-0.15, -0.1) is 11.3 Å². The van der Waals surface area contributed by atoms with E-state index >= 15 is 0 Å². The molecule has 1 aliphatic heterocycles. The number of hydrogen-bond donors (Lipinski definition) is 1. The molecular weight excluding hydrogens is 360 g/mol. The van der Waals surface area contributed by atoms with Crippen LogP contribution in [0.2, 0.25) is 5.02 Å². The fourth-order valence-corrected chi connectivity index (χ4v) is 4.16. The van der Waals surface area contributed by atoms with E-state index in [0.717, 1.165) is 35.5 Å². The molecule has 1 fully saturated rings. The third-order valence-electron chi connectivity index (χ3n) is 4.67. The SMILES string of the molecule is Cc1sc2ccc(Cl)cc2c(=O)c1NOC(=O)C(C)(C)N1CCCC1. The first kappa shape index (κ1) is 18.2. The van der Waals surface area contributed by atoms with Gasteiger partial charge in [0.05, 0.1) is 0 Å². The van der Waals surface area contributed by atoms with Gasteiger partial charge in [-0.3, -0.25) is 9.69 Å². The fraction of sp³-hybridized carbons (Fsp3) is 0.444. The van der Waals surface area contributed by atoms with Crippen molar-refractivity contribution < 1.29 is 9.63 Å². The van der Waals surface area contributed by atoms with E-state index in [9.17, 15) is 9.59 Å². The molecule has 134 valence electrons. The third kappa shape index (κ3) is 3.52. The van der Waals surface area contributed by atoms with Gasteiger partial charge in [0.15, 0.2) is 0 Å². The summed E-state index contributed by atoms with van der Waals surface area (Å²) in [5.74, 6) is -0.399. The Balaban J connectivity index is 1.83. The molecule has 0 saturated carbocycles. The molecule has 1 saturated heterocycles. The average molecular weight is 381 g/mol. The molecule has 1 aliphatic rings. The second-order valence-electron chi connectivity index (χ2n) is 6.75. The highest BCUT2D eigenvalue weighted by Gasteiger charge is 2.38. The predicted octanol–water partition coefficient (Wildman–Crippen LogP) is 3.97. The van der Waals surface area contributed by atoms with Gasteiger partial charge in [-0.25, -0.2) is 10.3 Å². The minimum absolute atomic E-state index is 0.222. The summed E-state index contributed by atoms with van der Waals surface area (Å²) in [6, 6.07) is 5.21. The molecule has 0 radical (unpaired) electrons. The predicted molar refractivity (Wildman–Crippen MR) is 102 cm³/mol. The molecular formula is C18H21ClN2O3S. The van der Waals surface area contributed by atoms with Crippen LogP contribution in [0.15, 0.2) is 23.0 Å². The number of likely N-dealkylation sites (tertiary alicyclic amines) is 1. The molecule has 0 amide bonds. The monoisotopic (exact) mass is 380 g/mol. The topological polar surface area (TPSA) is 58.6 Å². The van der Waals surface area contributed by atoms with Crippen LogP contribution in [0.3, 0.4) is 0 Å². The van der Waals surface area contributed by atoms with Crippen molar-refractivity contribution in [3.05, 3.63) is 38.3 Å². The molecule has 0 aliphatic carbocycles. The second kappa shape index (κ2) is 6.94. The Hall–Kier alpha value is -1.63. The standard InChI is InChI=1S/C18H21ClN2O3S/c1-11-15(16(22)13-10-12(19)6-7-14(13)25-11)20-24-17(23)18(2,3)21-8-4-5-9-21/h6-7,10,20H,4-5,8-9H2,1-3H3. The number of nitrogens with zero attached hydrogens (tertiary/aromatic N) is 1. The van der Waals surface area contributed by atoms with Crippen LogP contribution in [-0.2, 0) is 9.63 Å². The number of nitrogens with one attached hydrogen (secondary N) is 1. The van der Waals surface area contributed by atoms with E-state index in [-0.39, 0.29) is 11.1 Å². The Morgan fingerprint density at radius 2 is 2.00 bits per heavy atom. The van der Waals surface area contributed by atoms with Gasteiger partial charge in [-0.05, 0) is 64.9 Å². The van der Waals surface area contributed by atoms with Crippen molar-refractivity contribution in [3.8, 4) is 0 Å². The molecule has 25 heavy (non-hydrogen) atoms. The van der Waals surface area contributed by atoms with Crippen molar-refractivity contribution in [1.82, 2.24) is 4.90 Å². The van der Waals surface area contributed by atoms with Gasteiger partial charge in [0.25, 0.3) is 0 Å². The lowest BCUT2D eigenvalue weighted by Crippen LogP contribution is -2.50. The molecule has 2 heterocycles. The normalized spacial score (nSPS) is 15.5. The molecule has 0 spiro atoms. The van der Waals surface area contributed by atoms with Gasteiger partial charge in [-0.1, -0.05) is 11.6 Å². The lowest BCUT2D eigenvalue weighted by atomic mass is 10.0. The van der Waals surface area contributed by atoms with E-state index in [2.05, 4.69) is 10.4 Å². The van der Waals surface area contributed by atoms with E-state index in [4.69, 9.17) is 16.4 Å². The minimum Gasteiger partial charge on any atom is -0.341 e. The molecule has 0 bridgehead atoms. The summed E-state index contributed by atoms with van der Waals surface area (Å²) in [5.41, 5.74) is 1.93. The summed E-state index contributed by atoms with van der Waals surface area (Å²) in [7, 11) is 0. The van der Waals surface area contributed by atoms with Gasteiger partial charge in [0.2, 0.25) is 5.43 Å². The van der Waals surface area contributed by atoms with Crippen molar-refractivity contribution in [1.29, 1.82) is 0 Å². The summed E-state index contributed by atoms with van der Waals surface area (Å²) < 4.78 is 0.848. The smallest absolute Gasteiger partial charge is 0.341 e. The number of carbonyl (C=O) groups excluding carboxylic acids is 1. The van der Waals surface area contributed by atoms with E-state index < -0.39 is 11.5 Å². The van der Waals surface area contributed by atoms with Crippen LogP contribution < -0.4 is 10.9 Å². The Bertz CT molecular complexity index is 872. The number of rotatable bonds is 4. The molecule has 1 N–H and O–H groups in total. The lowest BCUT2D eigenvalue weighted by Gasteiger charge is -2.32. The summed E-state index contributed by atoms with van der Waals surface area (Å²) in [5, 5.41) is 1.01. The summed E-state index contributed by atoms with van der Waals surface area (Å²) in [6.45, 7) is 7.27. The maximum absolute atomic E-state index is 12.7. The quantitative estimate of drug-likeness (QED) is 0.813. The summed E-state index contributed by atoms with van der Waals surface area (Å²) in [6.07, 6.45) is 2.17. The third-order valence-corrected chi connectivity index (χ3v) is 5.99. The molecule has 5 nitrogen and oxygen atoms in total. The van der Waals surface area contributed by atoms with E-state index in [1.54, 1.807) is 12.1 Å². The van der Waals surface area contributed by atoms with Crippen molar-refractivity contribution in [3.63, 3.8) is 0 Å². The Kier molecular flexibility index (Phi) is 5.04. The van der Waals surface area contributed by atoms with Crippen LogP contribution in [0.4, 0.5) is 5.69 Å². The highest BCUT2D eigenvalue weighted by atomic mass is 35.5. The van der Waals surface area contributed by atoms with Crippen LogP contribution in [0.5, 0.6) is 0 Å². The van der Waals surface area contributed by atoms with Gasteiger partial charge in [-0.2, -0.15) is 0 Å². The first-order chi connectivity index (χ1) is 11.8. The maximum Gasteiger partial charge on any atom is 0.351 e. The number of fused-ring (bicyclic) bond motifs is 1. The van der Waals surface area contributed by atoms with Crippen LogP contribution in [-0.4, -0.2) is 29.5 Å². The largest absolute Gasteiger partial charge is 0.351 e. The van der Waals surface area contributed by atoms with E-state index in [1.165, 1.54) is 11.3 Å². The number of halogens is 1. The summed E-state index contributed by atoms with van der Waals surface area (Å²) >= 11 is 7.45. The fourth-order valence-electron chi connectivity index (χ4n) is 3.02. The molecule has 0 atom stereocenters. The number of aryl methyl sites for hydroxylation is 1. The first-order valence-electron chi connectivity index (χ1n) is 8.26. The maximum atomic E-state index is 12.7. The van der Waals surface area contributed by atoms with Crippen molar-refractivity contribution in [2.45, 2.75) is 39.2 Å². The summed E-state index contributed by atoms with van der Waals surface area (Å²) in [4.78, 5) is 33.4. The van der Waals surface area contributed by atoms with E-state index in [1.807, 2.05) is 26.8 Å². The molecule has 2 aromatic rings. The van der Waals surface area contributed by atoms with Crippen LogP contribution in [0.1, 0.15) is 31.6 Å². The van der Waals surface area contributed by atoms with Gasteiger partial charge in [0.1, 0.15) is 11.2 Å². The van der Waals surface area contributed by atoms with Gasteiger partial charge in [0, 0.05) is 20.0 Å². The molecule has 0 unspecified atom stereocenters. The number of anilines is 1. The van der Waals surface area contributed by atoms with E-state index in [0.29, 0.717) is 10.4 Å². The molecule has 1 aromatic heterocycles. The zero-order valence-corrected chi connectivity index (χ0v) is 16.1. The molecule has 7 heteroatoms. The molecule has 3 rings (SSSR count). The zero-order chi connectivity index (χ0) is 18.2. The van der Waals surface area contributed by atoms with Gasteiger partial charge >= 0.3 is 5.97 Å². The first-order valence-corrected chi connectivity index (χ1v) is 9.45. The number of carbonyl (C=O) groups is 1. The molecule has 1 aromatic carbocycles. The zero-order valence-electron chi connectivity index (χ0n) is 14.5. The lowest BCUT2D eigenvalue weighted by molar-refractivity contribution is -0.152. The van der Waals surface area contributed by atoms with Crippen molar-refractivity contribution >= 4 is 44.7 Å². The van der Waals surface area contributed by atoms with Crippen molar-refractivity contribution in [2.75, 3.05) is 18.6 Å². The number of hydrogen-bond acceptors (Lipinski definition) is 6.